The minimum atomic E-state index is -0.348. The fourth-order valence-corrected chi connectivity index (χ4v) is 4.76. The second-order valence-electron chi connectivity index (χ2n) is 8.83. The molecule has 1 aliphatic rings. The molecule has 2 atom stereocenters. The number of halogens is 3. The molecule has 0 radical (unpaired) electrons. The fourth-order valence-electron chi connectivity index (χ4n) is 4.76. The molecule has 3 aromatic rings. The van der Waals surface area contributed by atoms with Crippen LogP contribution in [0, 0.1) is 17.5 Å². The molecule has 0 amide bonds. The molecule has 1 fully saturated rings. The van der Waals surface area contributed by atoms with E-state index in [0.29, 0.717) is 17.9 Å². The van der Waals surface area contributed by atoms with E-state index >= 15 is 0 Å². The van der Waals surface area contributed by atoms with E-state index in [4.69, 9.17) is 0 Å². The molecule has 4 rings (SSSR count). The van der Waals surface area contributed by atoms with Crippen molar-refractivity contribution in [1.82, 2.24) is 4.90 Å². The first-order chi connectivity index (χ1) is 16.0. The zero-order valence-corrected chi connectivity index (χ0v) is 18.5. The third kappa shape index (κ3) is 6.32. The fraction of sp³-hybridized carbons (Fsp3) is 0.321. The summed E-state index contributed by atoms with van der Waals surface area (Å²) in [6, 6.07) is 19.3. The molecule has 5 heteroatoms. The van der Waals surface area contributed by atoms with E-state index in [0.717, 1.165) is 49.9 Å². The number of likely N-dealkylation sites (tertiary alicyclic amines) is 1. The number of carbonyl (C=O) groups excluding carboxylic acids is 1. The summed E-state index contributed by atoms with van der Waals surface area (Å²) in [5.74, 6) is -0.466. The zero-order valence-electron chi connectivity index (χ0n) is 18.5. The minimum absolute atomic E-state index is 0.0197. The summed E-state index contributed by atoms with van der Waals surface area (Å²) < 4.78 is 39.8. The van der Waals surface area contributed by atoms with Gasteiger partial charge in [-0.25, -0.2) is 13.2 Å². The molecule has 2 nitrogen and oxygen atoms in total. The lowest BCUT2D eigenvalue weighted by Gasteiger charge is -2.40. The molecule has 0 spiro atoms. The molecule has 1 aliphatic heterocycles. The summed E-state index contributed by atoms with van der Waals surface area (Å²) in [5, 5.41) is 0. The number of benzene rings is 3. The molecular formula is C28H28F3NO. The molecule has 172 valence electrons. The van der Waals surface area contributed by atoms with E-state index in [-0.39, 0.29) is 29.3 Å². The average molecular weight is 452 g/mol. The number of hydrogen-bond donors (Lipinski definition) is 0. The van der Waals surface area contributed by atoms with Crippen LogP contribution in [-0.4, -0.2) is 29.8 Å². The normalized spacial score (nSPS) is 18.9. The van der Waals surface area contributed by atoms with Crippen LogP contribution in [0.5, 0.6) is 0 Å². The summed E-state index contributed by atoms with van der Waals surface area (Å²) in [4.78, 5) is 14.9. The molecule has 0 saturated carbocycles. The summed E-state index contributed by atoms with van der Waals surface area (Å²) in [6.07, 6.45) is 3.82. The van der Waals surface area contributed by atoms with Crippen LogP contribution >= 0.6 is 0 Å². The Kier molecular flexibility index (Phi) is 7.61. The number of rotatable bonds is 8. The van der Waals surface area contributed by atoms with Crippen LogP contribution in [0.2, 0.25) is 0 Å². The van der Waals surface area contributed by atoms with Crippen molar-refractivity contribution in [2.24, 2.45) is 0 Å². The van der Waals surface area contributed by atoms with Gasteiger partial charge in [0.1, 0.15) is 17.5 Å². The van der Waals surface area contributed by atoms with Crippen molar-refractivity contribution in [3.05, 3.63) is 107 Å². The Labute approximate surface area is 193 Å². The number of nitrogens with zero attached hydrogens (tertiary/aromatic N) is 1. The van der Waals surface area contributed by atoms with Gasteiger partial charge in [0, 0.05) is 18.0 Å². The third-order valence-electron chi connectivity index (χ3n) is 6.58. The van der Waals surface area contributed by atoms with E-state index in [1.807, 2.05) is 24.3 Å². The summed E-state index contributed by atoms with van der Waals surface area (Å²) in [6.45, 7) is 1.67. The number of Topliss-reactive ketones (excluding diaryl/α,β-unsaturated/α-hetero) is 1. The van der Waals surface area contributed by atoms with Crippen molar-refractivity contribution < 1.29 is 18.0 Å². The van der Waals surface area contributed by atoms with Crippen LogP contribution in [0.4, 0.5) is 13.2 Å². The standard InChI is InChI=1S/C28H28F3NO/c29-24-9-3-20(4-10-24)18-27-19-23(21-5-11-25(30)12-6-21)15-17-32(27)16-1-2-28(33)22-7-13-26(31)14-8-22/h3-14,23,27H,1-2,15-19H2. The lowest BCUT2D eigenvalue weighted by Crippen LogP contribution is -2.43. The van der Waals surface area contributed by atoms with Crippen LogP contribution in [0.3, 0.4) is 0 Å². The predicted molar refractivity (Wildman–Crippen MR) is 124 cm³/mol. The van der Waals surface area contributed by atoms with Crippen LogP contribution in [0.1, 0.15) is 53.1 Å². The van der Waals surface area contributed by atoms with Gasteiger partial charge in [0.05, 0.1) is 0 Å². The lowest BCUT2D eigenvalue weighted by atomic mass is 9.83. The number of carbonyl (C=O) groups is 1. The first kappa shape index (κ1) is 23.2. The topological polar surface area (TPSA) is 20.3 Å². The number of hydrogen-bond acceptors (Lipinski definition) is 2. The van der Waals surface area contributed by atoms with Crippen LogP contribution in [0.15, 0.2) is 72.8 Å². The van der Waals surface area contributed by atoms with Crippen molar-refractivity contribution in [2.45, 2.75) is 44.1 Å². The van der Waals surface area contributed by atoms with Gasteiger partial charge < -0.3 is 4.90 Å². The van der Waals surface area contributed by atoms with E-state index in [9.17, 15) is 18.0 Å². The monoisotopic (exact) mass is 451 g/mol. The van der Waals surface area contributed by atoms with E-state index in [2.05, 4.69) is 4.90 Å². The first-order valence-corrected chi connectivity index (χ1v) is 11.5. The van der Waals surface area contributed by atoms with Gasteiger partial charge in [0.25, 0.3) is 0 Å². The van der Waals surface area contributed by atoms with Crippen LogP contribution in [0.25, 0.3) is 0 Å². The molecule has 0 N–H and O–H groups in total. The molecule has 1 saturated heterocycles. The molecule has 33 heavy (non-hydrogen) atoms. The Balaban J connectivity index is 1.40. The van der Waals surface area contributed by atoms with Gasteiger partial charge in [-0.1, -0.05) is 24.3 Å². The van der Waals surface area contributed by atoms with Gasteiger partial charge in [0.2, 0.25) is 0 Å². The SMILES string of the molecule is O=C(CCCN1CCC(c2ccc(F)cc2)CC1Cc1ccc(F)cc1)c1ccc(F)cc1. The van der Waals surface area contributed by atoms with E-state index in [1.54, 1.807) is 0 Å². The molecule has 2 unspecified atom stereocenters. The minimum Gasteiger partial charge on any atom is -0.300 e. The van der Waals surface area contributed by atoms with Crippen molar-refractivity contribution in [3.63, 3.8) is 0 Å². The average Bonchev–Trinajstić information content (AvgIpc) is 2.82. The van der Waals surface area contributed by atoms with E-state index < -0.39 is 0 Å². The van der Waals surface area contributed by atoms with Gasteiger partial charge in [-0.2, -0.15) is 0 Å². The predicted octanol–water partition coefficient (Wildman–Crippen LogP) is 6.56. The highest BCUT2D eigenvalue weighted by Crippen LogP contribution is 2.33. The third-order valence-corrected chi connectivity index (χ3v) is 6.58. The molecule has 1 heterocycles. The highest BCUT2D eigenvalue weighted by Gasteiger charge is 2.29. The maximum Gasteiger partial charge on any atom is 0.162 e. The zero-order chi connectivity index (χ0) is 23.2. The Morgan fingerprint density at radius 1 is 0.818 bits per heavy atom. The van der Waals surface area contributed by atoms with Gasteiger partial charge in [-0.15, -0.1) is 0 Å². The number of piperidine rings is 1. The molecule has 0 aliphatic carbocycles. The summed E-state index contributed by atoms with van der Waals surface area (Å²) in [5.41, 5.74) is 2.76. The second-order valence-corrected chi connectivity index (χ2v) is 8.83. The van der Waals surface area contributed by atoms with Gasteiger partial charge >= 0.3 is 0 Å². The number of ketones is 1. The van der Waals surface area contributed by atoms with E-state index in [1.165, 1.54) is 48.5 Å². The smallest absolute Gasteiger partial charge is 0.162 e. The quantitative estimate of drug-likeness (QED) is 0.362. The Morgan fingerprint density at radius 3 is 2.03 bits per heavy atom. The second kappa shape index (κ2) is 10.8. The Bertz CT molecular complexity index is 1050. The molecular weight excluding hydrogens is 423 g/mol. The highest BCUT2D eigenvalue weighted by atomic mass is 19.1. The van der Waals surface area contributed by atoms with Crippen molar-refractivity contribution in [2.75, 3.05) is 13.1 Å². The van der Waals surface area contributed by atoms with Crippen molar-refractivity contribution in [1.29, 1.82) is 0 Å². The van der Waals surface area contributed by atoms with Gasteiger partial charge in [0.15, 0.2) is 5.78 Å². The van der Waals surface area contributed by atoms with Crippen LogP contribution in [-0.2, 0) is 6.42 Å². The Hall–Kier alpha value is -2.92. The van der Waals surface area contributed by atoms with Crippen molar-refractivity contribution >= 4 is 5.78 Å². The summed E-state index contributed by atoms with van der Waals surface area (Å²) >= 11 is 0. The van der Waals surface area contributed by atoms with Gasteiger partial charge in [-0.3, -0.25) is 4.79 Å². The molecule has 3 aromatic carbocycles. The van der Waals surface area contributed by atoms with Crippen LogP contribution < -0.4 is 0 Å². The maximum atomic E-state index is 13.4. The maximum absolute atomic E-state index is 13.4. The van der Waals surface area contributed by atoms with Crippen molar-refractivity contribution in [3.8, 4) is 0 Å². The highest BCUT2D eigenvalue weighted by molar-refractivity contribution is 5.95. The first-order valence-electron chi connectivity index (χ1n) is 11.5. The van der Waals surface area contributed by atoms with Gasteiger partial charge in [-0.05, 0) is 104 Å². The molecule has 0 aromatic heterocycles. The Morgan fingerprint density at radius 2 is 1.39 bits per heavy atom. The summed E-state index contributed by atoms with van der Waals surface area (Å²) in [7, 11) is 0. The molecule has 0 bridgehead atoms. The largest absolute Gasteiger partial charge is 0.300 e. The lowest BCUT2D eigenvalue weighted by molar-refractivity contribution is 0.0954.